The molecule has 0 aromatic heterocycles. The van der Waals surface area contributed by atoms with Crippen molar-refractivity contribution in [3.05, 3.63) is 46.5 Å². The monoisotopic (exact) mass is 246 g/mol. The van der Waals surface area contributed by atoms with E-state index >= 15 is 0 Å². The molecule has 2 N–H and O–H groups in total. The third kappa shape index (κ3) is 2.01. The molecule has 2 aliphatic rings. The van der Waals surface area contributed by atoms with Crippen molar-refractivity contribution < 1.29 is 4.79 Å². The molecule has 0 unspecified atom stereocenters. The van der Waals surface area contributed by atoms with E-state index in [9.17, 15) is 4.79 Å². The SMILES string of the molecule is Cl.NC(=O)c1ccc2/c(c1)=C\C=C/N=C1/C/C=21. The molecule has 1 amide bonds. The maximum absolute atomic E-state index is 11.1. The number of carbonyl (C=O) groups excluding carboxylic acids is 1. The van der Waals surface area contributed by atoms with Crippen LogP contribution >= 0.6 is 12.4 Å². The van der Waals surface area contributed by atoms with E-state index in [-0.39, 0.29) is 12.4 Å². The summed E-state index contributed by atoms with van der Waals surface area (Å²) in [4.78, 5) is 15.4. The summed E-state index contributed by atoms with van der Waals surface area (Å²) < 4.78 is 0. The zero-order chi connectivity index (χ0) is 11.1. The highest BCUT2D eigenvalue weighted by molar-refractivity contribution is 6.38. The Morgan fingerprint density at radius 2 is 2.18 bits per heavy atom. The van der Waals surface area contributed by atoms with Crippen LogP contribution in [0.4, 0.5) is 0 Å². The summed E-state index contributed by atoms with van der Waals surface area (Å²) in [5.41, 5.74) is 8.21. The predicted molar refractivity (Wildman–Crippen MR) is 70.5 cm³/mol. The fraction of sp³-hybridized carbons (Fsp3) is 0.0769. The Labute approximate surface area is 104 Å². The molecule has 4 heteroatoms. The summed E-state index contributed by atoms with van der Waals surface area (Å²) in [6, 6.07) is 5.54. The Morgan fingerprint density at radius 3 is 2.94 bits per heavy atom. The Kier molecular flexibility index (Phi) is 2.86. The van der Waals surface area contributed by atoms with Gasteiger partial charge in [0.1, 0.15) is 0 Å². The fourth-order valence-electron chi connectivity index (χ4n) is 1.91. The van der Waals surface area contributed by atoms with Crippen LogP contribution in [-0.4, -0.2) is 11.6 Å². The van der Waals surface area contributed by atoms with Gasteiger partial charge < -0.3 is 5.73 Å². The van der Waals surface area contributed by atoms with E-state index in [0.717, 1.165) is 22.6 Å². The van der Waals surface area contributed by atoms with Crippen molar-refractivity contribution in [3.63, 3.8) is 0 Å². The quantitative estimate of drug-likeness (QED) is 0.771. The average molecular weight is 247 g/mol. The average Bonchev–Trinajstić information content (AvgIpc) is 2.99. The first-order valence-electron chi connectivity index (χ1n) is 5.13. The van der Waals surface area contributed by atoms with Crippen molar-refractivity contribution in [2.45, 2.75) is 6.42 Å². The minimum Gasteiger partial charge on any atom is -0.366 e. The van der Waals surface area contributed by atoms with Crippen LogP contribution in [0.1, 0.15) is 16.8 Å². The molecule has 0 atom stereocenters. The van der Waals surface area contributed by atoms with Crippen LogP contribution in [-0.2, 0) is 0 Å². The number of aliphatic imine (C=N–C) groups is 1. The van der Waals surface area contributed by atoms with E-state index in [1.54, 1.807) is 12.3 Å². The number of hydrogen-bond acceptors (Lipinski definition) is 2. The first kappa shape index (κ1) is 11.6. The van der Waals surface area contributed by atoms with Gasteiger partial charge in [0.25, 0.3) is 0 Å². The van der Waals surface area contributed by atoms with Crippen LogP contribution in [0.5, 0.6) is 0 Å². The van der Waals surface area contributed by atoms with Gasteiger partial charge in [-0.25, -0.2) is 0 Å². The number of fused-ring (bicyclic) bond motifs is 2. The third-order valence-corrected chi connectivity index (χ3v) is 2.82. The standard InChI is InChI=1S/C13H10N2O.ClH/c14-13(16)9-3-4-10-8(6-9)2-1-5-15-12-7-11(10)12;/h1-6H,7H2,(H2,14,16);1H/b2-1?,5-1-,8-2-,11-10-,15-5?,15-12-;. The van der Waals surface area contributed by atoms with E-state index in [1.807, 2.05) is 24.3 Å². The highest BCUT2D eigenvalue weighted by atomic mass is 35.5. The zero-order valence-electron chi connectivity index (χ0n) is 9.01. The Bertz CT molecular complexity index is 671. The van der Waals surface area contributed by atoms with Gasteiger partial charge in [-0.15, -0.1) is 12.4 Å². The lowest BCUT2D eigenvalue weighted by Crippen LogP contribution is -2.27. The van der Waals surface area contributed by atoms with Gasteiger partial charge in [-0.3, -0.25) is 9.79 Å². The number of nitrogens with two attached hydrogens (primary N) is 1. The van der Waals surface area contributed by atoms with E-state index < -0.39 is 5.91 Å². The molecule has 3 rings (SSSR count). The summed E-state index contributed by atoms with van der Waals surface area (Å²) in [6.07, 6.45) is 6.56. The molecule has 1 aliphatic heterocycles. The minimum atomic E-state index is -0.392. The van der Waals surface area contributed by atoms with Crippen molar-refractivity contribution >= 4 is 35.7 Å². The lowest BCUT2D eigenvalue weighted by molar-refractivity contribution is 0.1000. The molecule has 0 radical (unpaired) electrons. The minimum absolute atomic E-state index is 0. The van der Waals surface area contributed by atoms with Gasteiger partial charge in [0.15, 0.2) is 0 Å². The highest BCUT2D eigenvalue weighted by Crippen LogP contribution is 2.25. The van der Waals surface area contributed by atoms with Crippen LogP contribution in [0.25, 0.3) is 11.6 Å². The van der Waals surface area contributed by atoms with Gasteiger partial charge in [-0.1, -0.05) is 12.1 Å². The fourth-order valence-corrected chi connectivity index (χ4v) is 1.91. The van der Waals surface area contributed by atoms with Gasteiger partial charge in [0.2, 0.25) is 5.91 Å². The highest BCUT2D eigenvalue weighted by Gasteiger charge is 2.24. The molecular weight excluding hydrogens is 236 g/mol. The second-order valence-corrected chi connectivity index (χ2v) is 3.91. The Balaban J connectivity index is 0.00000108. The number of benzene rings is 1. The number of carbonyl (C=O) groups is 1. The number of amides is 1. The maximum atomic E-state index is 11.1. The molecule has 1 saturated carbocycles. The molecule has 1 fully saturated rings. The van der Waals surface area contributed by atoms with Crippen LogP contribution in [0.2, 0.25) is 0 Å². The maximum Gasteiger partial charge on any atom is 0.248 e. The lowest BCUT2D eigenvalue weighted by Gasteiger charge is -1.96. The van der Waals surface area contributed by atoms with Crippen molar-refractivity contribution in [1.29, 1.82) is 0 Å². The van der Waals surface area contributed by atoms with Gasteiger partial charge >= 0.3 is 0 Å². The van der Waals surface area contributed by atoms with E-state index in [0.29, 0.717) is 5.56 Å². The third-order valence-electron chi connectivity index (χ3n) is 2.82. The molecule has 1 aliphatic carbocycles. The molecule has 86 valence electrons. The van der Waals surface area contributed by atoms with Crippen molar-refractivity contribution in [2.75, 3.05) is 0 Å². The molecule has 1 aromatic carbocycles. The van der Waals surface area contributed by atoms with Gasteiger partial charge in [-0.05, 0) is 34.2 Å². The smallest absolute Gasteiger partial charge is 0.248 e. The number of hydrogen-bond donors (Lipinski definition) is 1. The first-order valence-corrected chi connectivity index (χ1v) is 5.13. The molecule has 3 nitrogen and oxygen atoms in total. The normalized spacial score (nSPS) is 25.4. The molecule has 0 saturated heterocycles. The molecule has 0 bridgehead atoms. The van der Waals surface area contributed by atoms with Crippen molar-refractivity contribution in [1.82, 2.24) is 0 Å². The van der Waals surface area contributed by atoms with E-state index in [4.69, 9.17) is 5.73 Å². The van der Waals surface area contributed by atoms with Crippen molar-refractivity contribution in [2.24, 2.45) is 10.7 Å². The number of primary amides is 1. The largest absolute Gasteiger partial charge is 0.366 e. The second kappa shape index (κ2) is 4.18. The van der Waals surface area contributed by atoms with Gasteiger partial charge in [0, 0.05) is 23.9 Å². The predicted octanol–water partition coefficient (Wildman–Crippen LogP) is 0.510. The lowest BCUT2D eigenvalue weighted by atomic mass is 10.1. The number of halogens is 1. The summed E-state index contributed by atoms with van der Waals surface area (Å²) >= 11 is 0. The first-order chi connectivity index (χ1) is 7.75. The topological polar surface area (TPSA) is 55.5 Å². The summed E-state index contributed by atoms with van der Waals surface area (Å²) in [7, 11) is 0. The molecular formula is C13H11ClN2O. The van der Waals surface area contributed by atoms with Crippen LogP contribution < -0.4 is 16.2 Å². The van der Waals surface area contributed by atoms with Crippen LogP contribution in [0.3, 0.4) is 0 Å². The zero-order valence-corrected chi connectivity index (χ0v) is 9.83. The van der Waals surface area contributed by atoms with Gasteiger partial charge in [-0.2, -0.15) is 0 Å². The molecule has 17 heavy (non-hydrogen) atoms. The summed E-state index contributed by atoms with van der Waals surface area (Å²) in [5.74, 6) is -0.392. The summed E-state index contributed by atoms with van der Waals surface area (Å²) in [5, 5.41) is 2.19. The molecule has 1 heterocycles. The number of allylic oxidation sites excluding steroid dienone is 1. The number of nitrogens with zero attached hydrogens (tertiary/aromatic N) is 1. The molecule has 0 spiro atoms. The molecule has 1 aromatic rings. The number of rotatable bonds is 1. The van der Waals surface area contributed by atoms with E-state index in [2.05, 4.69) is 4.99 Å². The Hall–Kier alpha value is -1.87. The van der Waals surface area contributed by atoms with Crippen molar-refractivity contribution in [3.8, 4) is 0 Å². The van der Waals surface area contributed by atoms with Gasteiger partial charge in [0.05, 0.1) is 0 Å². The summed E-state index contributed by atoms with van der Waals surface area (Å²) in [6.45, 7) is 0. The van der Waals surface area contributed by atoms with Crippen LogP contribution in [0.15, 0.2) is 35.5 Å². The second-order valence-electron chi connectivity index (χ2n) is 3.91. The van der Waals surface area contributed by atoms with E-state index in [1.165, 1.54) is 5.57 Å². The Morgan fingerprint density at radius 1 is 1.35 bits per heavy atom. The van der Waals surface area contributed by atoms with Crippen LogP contribution in [0, 0.1) is 0 Å².